The number of aliphatic imine (C=N–C) groups is 1. The van der Waals surface area contributed by atoms with Crippen LogP contribution in [-0.4, -0.2) is 25.1 Å². The average Bonchev–Trinajstić information content (AvgIpc) is 2.76. The molecule has 3 nitrogen and oxygen atoms in total. The molecule has 2 atom stereocenters. The lowest BCUT2D eigenvalue weighted by atomic mass is 9.97. The van der Waals surface area contributed by atoms with Gasteiger partial charge in [-0.1, -0.05) is 19.1 Å². The molecule has 2 unspecified atom stereocenters. The number of hydrogen-bond donors (Lipinski definition) is 1. The molecule has 2 N–H and O–H groups in total. The van der Waals surface area contributed by atoms with E-state index in [0.717, 1.165) is 24.4 Å². The van der Waals surface area contributed by atoms with E-state index in [2.05, 4.69) is 43.1 Å². The largest absolute Gasteiger partial charge is 0.475 e. The van der Waals surface area contributed by atoms with Gasteiger partial charge in [-0.25, -0.2) is 4.99 Å². The summed E-state index contributed by atoms with van der Waals surface area (Å²) >= 11 is 0. The summed E-state index contributed by atoms with van der Waals surface area (Å²) in [6, 6.07) is 8.73. The average molecular weight is 232 g/mol. The van der Waals surface area contributed by atoms with Gasteiger partial charge in [0.05, 0.1) is 6.04 Å². The summed E-state index contributed by atoms with van der Waals surface area (Å²) in [5, 5.41) is 0. The van der Waals surface area contributed by atoms with Crippen LogP contribution in [0, 0.1) is 0 Å². The van der Waals surface area contributed by atoms with Crippen molar-refractivity contribution in [1.82, 2.24) is 0 Å². The van der Waals surface area contributed by atoms with Crippen LogP contribution in [0.25, 0.3) is 0 Å². The zero-order chi connectivity index (χ0) is 12.3. The highest BCUT2D eigenvalue weighted by Gasteiger charge is 2.16. The van der Waals surface area contributed by atoms with Crippen LogP contribution < -0.4 is 5.73 Å². The molecule has 1 aromatic rings. The lowest BCUT2D eigenvalue weighted by molar-refractivity contribution is 0.324. The Morgan fingerprint density at radius 1 is 1.41 bits per heavy atom. The maximum absolute atomic E-state index is 5.57. The fraction of sp³-hybridized carbons (Fsp3) is 0.500. The van der Waals surface area contributed by atoms with Gasteiger partial charge in [-0.2, -0.15) is 0 Å². The van der Waals surface area contributed by atoms with Gasteiger partial charge in [0.2, 0.25) is 5.90 Å². The van der Waals surface area contributed by atoms with Gasteiger partial charge < -0.3 is 10.5 Å². The SMILES string of the molecule is CC1COC(c2ccc(C(C)CCN)cc2)=N1. The minimum absolute atomic E-state index is 0.279. The molecular weight excluding hydrogens is 212 g/mol. The second-order valence-electron chi connectivity index (χ2n) is 4.69. The minimum Gasteiger partial charge on any atom is -0.475 e. The Bertz CT molecular complexity index is 397. The van der Waals surface area contributed by atoms with Gasteiger partial charge in [-0.05, 0) is 43.5 Å². The van der Waals surface area contributed by atoms with E-state index in [0.29, 0.717) is 12.5 Å². The van der Waals surface area contributed by atoms with E-state index < -0.39 is 0 Å². The topological polar surface area (TPSA) is 47.6 Å². The molecule has 0 amide bonds. The second kappa shape index (κ2) is 5.32. The highest BCUT2D eigenvalue weighted by molar-refractivity contribution is 5.95. The smallest absolute Gasteiger partial charge is 0.216 e. The van der Waals surface area contributed by atoms with Crippen molar-refractivity contribution in [3.05, 3.63) is 35.4 Å². The molecule has 1 aromatic carbocycles. The minimum atomic E-state index is 0.279. The van der Waals surface area contributed by atoms with E-state index in [1.165, 1.54) is 5.56 Å². The summed E-state index contributed by atoms with van der Waals surface area (Å²) in [5.41, 5.74) is 7.96. The molecule has 1 aliphatic heterocycles. The Balaban J connectivity index is 2.10. The first-order chi connectivity index (χ1) is 8.20. The van der Waals surface area contributed by atoms with Crippen LogP contribution in [-0.2, 0) is 4.74 Å². The monoisotopic (exact) mass is 232 g/mol. The van der Waals surface area contributed by atoms with Gasteiger partial charge in [-0.15, -0.1) is 0 Å². The normalized spacial score (nSPS) is 20.9. The van der Waals surface area contributed by atoms with Gasteiger partial charge in [-0.3, -0.25) is 0 Å². The Labute approximate surface area is 103 Å². The molecule has 0 saturated carbocycles. The van der Waals surface area contributed by atoms with Crippen LogP contribution >= 0.6 is 0 Å². The van der Waals surface area contributed by atoms with Crippen LogP contribution in [0.2, 0.25) is 0 Å². The van der Waals surface area contributed by atoms with E-state index in [1.807, 2.05) is 0 Å². The van der Waals surface area contributed by atoms with Gasteiger partial charge in [0.15, 0.2) is 0 Å². The fourth-order valence-electron chi connectivity index (χ4n) is 2.00. The third kappa shape index (κ3) is 2.86. The zero-order valence-electron chi connectivity index (χ0n) is 10.5. The first-order valence-corrected chi connectivity index (χ1v) is 6.21. The Morgan fingerprint density at radius 2 is 2.12 bits per heavy atom. The number of nitrogens with two attached hydrogens (primary N) is 1. The molecular formula is C14H20N2O. The molecule has 0 aliphatic carbocycles. The molecule has 2 rings (SSSR count). The maximum Gasteiger partial charge on any atom is 0.216 e. The van der Waals surface area contributed by atoms with Crippen molar-refractivity contribution >= 4 is 5.90 Å². The van der Waals surface area contributed by atoms with Crippen LogP contribution in [0.1, 0.15) is 37.3 Å². The Kier molecular flexibility index (Phi) is 3.79. The summed E-state index contributed by atoms with van der Waals surface area (Å²) in [6.45, 7) is 5.69. The third-order valence-corrected chi connectivity index (χ3v) is 3.13. The highest BCUT2D eigenvalue weighted by atomic mass is 16.5. The molecule has 1 aliphatic rings. The Hall–Kier alpha value is -1.35. The van der Waals surface area contributed by atoms with Crippen LogP contribution in [0.3, 0.4) is 0 Å². The molecule has 1 heterocycles. The van der Waals surface area contributed by atoms with Crippen molar-refractivity contribution in [3.8, 4) is 0 Å². The number of nitrogens with zero attached hydrogens (tertiary/aromatic N) is 1. The third-order valence-electron chi connectivity index (χ3n) is 3.13. The molecule has 0 spiro atoms. The molecule has 0 fully saturated rings. The number of rotatable bonds is 4. The first kappa shape index (κ1) is 12.1. The predicted molar refractivity (Wildman–Crippen MR) is 70.5 cm³/mol. The lowest BCUT2D eigenvalue weighted by Crippen LogP contribution is -2.05. The number of hydrogen-bond acceptors (Lipinski definition) is 3. The quantitative estimate of drug-likeness (QED) is 0.866. The van der Waals surface area contributed by atoms with E-state index in [1.54, 1.807) is 0 Å². The van der Waals surface area contributed by atoms with E-state index >= 15 is 0 Å². The van der Waals surface area contributed by atoms with E-state index in [-0.39, 0.29) is 6.04 Å². The fourth-order valence-corrected chi connectivity index (χ4v) is 2.00. The van der Waals surface area contributed by atoms with Crippen molar-refractivity contribution in [3.63, 3.8) is 0 Å². The van der Waals surface area contributed by atoms with Gasteiger partial charge in [0.1, 0.15) is 6.61 Å². The summed E-state index contributed by atoms with van der Waals surface area (Å²) < 4.78 is 5.53. The lowest BCUT2D eigenvalue weighted by Gasteiger charge is -2.11. The zero-order valence-corrected chi connectivity index (χ0v) is 10.5. The molecule has 0 bridgehead atoms. The van der Waals surface area contributed by atoms with E-state index in [9.17, 15) is 0 Å². The van der Waals surface area contributed by atoms with Crippen molar-refractivity contribution in [2.75, 3.05) is 13.2 Å². The van der Waals surface area contributed by atoms with Crippen LogP contribution in [0.15, 0.2) is 29.3 Å². The Morgan fingerprint density at radius 3 is 2.65 bits per heavy atom. The van der Waals surface area contributed by atoms with Crippen molar-refractivity contribution in [1.29, 1.82) is 0 Å². The summed E-state index contributed by atoms with van der Waals surface area (Å²) in [4.78, 5) is 4.44. The van der Waals surface area contributed by atoms with Gasteiger partial charge in [0.25, 0.3) is 0 Å². The molecule has 0 saturated heterocycles. The maximum atomic E-state index is 5.57. The first-order valence-electron chi connectivity index (χ1n) is 6.21. The standard InChI is InChI=1S/C14H20N2O/c1-10(7-8-15)12-3-5-13(6-4-12)14-16-11(2)9-17-14/h3-6,10-11H,7-9,15H2,1-2H3. The molecule has 0 aromatic heterocycles. The van der Waals surface area contributed by atoms with Gasteiger partial charge in [0, 0.05) is 5.56 Å². The van der Waals surface area contributed by atoms with Crippen molar-refractivity contribution in [2.24, 2.45) is 10.7 Å². The molecule has 92 valence electrons. The summed E-state index contributed by atoms with van der Waals surface area (Å²) in [5.74, 6) is 1.29. The van der Waals surface area contributed by atoms with Crippen molar-refractivity contribution in [2.45, 2.75) is 32.2 Å². The van der Waals surface area contributed by atoms with Crippen LogP contribution in [0.5, 0.6) is 0 Å². The van der Waals surface area contributed by atoms with Crippen molar-refractivity contribution < 1.29 is 4.74 Å². The molecule has 3 heteroatoms. The van der Waals surface area contributed by atoms with E-state index in [4.69, 9.17) is 10.5 Å². The number of benzene rings is 1. The summed E-state index contributed by atoms with van der Waals surface area (Å²) in [7, 11) is 0. The van der Waals surface area contributed by atoms with Gasteiger partial charge >= 0.3 is 0 Å². The second-order valence-corrected chi connectivity index (χ2v) is 4.69. The van der Waals surface area contributed by atoms with Crippen LogP contribution in [0.4, 0.5) is 0 Å². The molecule has 17 heavy (non-hydrogen) atoms. The summed E-state index contributed by atoms with van der Waals surface area (Å²) in [6.07, 6.45) is 1.02. The number of ether oxygens (including phenoxy) is 1. The predicted octanol–water partition coefficient (Wildman–Crippen LogP) is 2.30. The highest BCUT2D eigenvalue weighted by Crippen LogP contribution is 2.20. The molecule has 0 radical (unpaired) electrons.